The number of hydrogen-bond donors (Lipinski definition) is 0. The SMILES string of the molecule is Cn1c(=O)c2ccccc2n(Cc2ccc(F)c(F)c2)c1=O. The average Bonchev–Trinajstić information content (AvgIpc) is 2.53. The van der Waals surface area contributed by atoms with E-state index in [4.69, 9.17) is 0 Å². The zero-order valence-electron chi connectivity index (χ0n) is 11.7. The third-order valence-corrected chi connectivity index (χ3v) is 3.57. The molecule has 0 unspecified atom stereocenters. The molecule has 0 saturated carbocycles. The fraction of sp³-hybridized carbons (Fsp3) is 0.125. The molecule has 3 aromatic rings. The molecule has 0 spiro atoms. The standard InChI is InChI=1S/C16H12F2N2O2/c1-19-15(21)11-4-2-3-5-14(11)20(16(19)22)9-10-6-7-12(17)13(18)8-10/h2-8H,9H2,1H3. The van der Waals surface area contributed by atoms with Gasteiger partial charge in [0, 0.05) is 7.05 Å². The van der Waals surface area contributed by atoms with Gasteiger partial charge in [0.25, 0.3) is 5.56 Å². The van der Waals surface area contributed by atoms with Crippen molar-refractivity contribution in [1.82, 2.24) is 9.13 Å². The van der Waals surface area contributed by atoms with Gasteiger partial charge in [0.1, 0.15) is 0 Å². The van der Waals surface area contributed by atoms with Crippen molar-refractivity contribution in [2.24, 2.45) is 7.05 Å². The van der Waals surface area contributed by atoms with Crippen LogP contribution in [0.4, 0.5) is 8.78 Å². The Hall–Kier alpha value is -2.76. The number of para-hydroxylation sites is 1. The van der Waals surface area contributed by atoms with Crippen molar-refractivity contribution in [1.29, 1.82) is 0 Å². The van der Waals surface area contributed by atoms with E-state index < -0.39 is 17.3 Å². The first-order chi connectivity index (χ1) is 10.5. The molecule has 0 amide bonds. The van der Waals surface area contributed by atoms with Crippen molar-refractivity contribution in [2.75, 3.05) is 0 Å². The minimum absolute atomic E-state index is 0.0463. The van der Waals surface area contributed by atoms with E-state index in [1.165, 1.54) is 17.7 Å². The van der Waals surface area contributed by atoms with Crippen LogP contribution in [0.5, 0.6) is 0 Å². The molecule has 0 N–H and O–H groups in total. The molecule has 0 aliphatic rings. The summed E-state index contributed by atoms with van der Waals surface area (Å²) >= 11 is 0. The molecule has 0 aliphatic heterocycles. The molecule has 3 rings (SSSR count). The van der Waals surface area contributed by atoms with Gasteiger partial charge in [0.15, 0.2) is 11.6 Å². The number of aromatic nitrogens is 2. The van der Waals surface area contributed by atoms with Gasteiger partial charge in [-0.15, -0.1) is 0 Å². The first-order valence-electron chi connectivity index (χ1n) is 6.61. The number of halogens is 2. The maximum absolute atomic E-state index is 13.3. The molecule has 1 heterocycles. The van der Waals surface area contributed by atoms with Crippen molar-refractivity contribution in [3.63, 3.8) is 0 Å². The van der Waals surface area contributed by atoms with E-state index in [1.807, 2.05) is 0 Å². The smallest absolute Gasteiger partial charge is 0.289 e. The summed E-state index contributed by atoms with van der Waals surface area (Å²) in [7, 11) is 1.39. The van der Waals surface area contributed by atoms with E-state index in [0.717, 1.165) is 16.7 Å². The van der Waals surface area contributed by atoms with Gasteiger partial charge in [-0.1, -0.05) is 18.2 Å². The Morgan fingerprint density at radius 2 is 1.73 bits per heavy atom. The van der Waals surface area contributed by atoms with Crippen molar-refractivity contribution < 1.29 is 8.78 Å². The predicted octanol–water partition coefficient (Wildman–Crippen LogP) is 2.03. The first kappa shape index (κ1) is 14.2. The van der Waals surface area contributed by atoms with Crippen LogP contribution < -0.4 is 11.2 Å². The van der Waals surface area contributed by atoms with Gasteiger partial charge in [-0.3, -0.25) is 13.9 Å². The van der Waals surface area contributed by atoms with Gasteiger partial charge >= 0.3 is 5.69 Å². The largest absolute Gasteiger partial charge is 0.331 e. The molecule has 0 saturated heterocycles. The van der Waals surface area contributed by atoms with Crippen LogP contribution in [-0.4, -0.2) is 9.13 Å². The Morgan fingerprint density at radius 1 is 1.00 bits per heavy atom. The molecule has 0 fully saturated rings. The first-order valence-corrected chi connectivity index (χ1v) is 6.61. The molecule has 22 heavy (non-hydrogen) atoms. The summed E-state index contributed by atoms with van der Waals surface area (Å²) in [6, 6.07) is 10.2. The lowest BCUT2D eigenvalue weighted by Crippen LogP contribution is -2.38. The summed E-state index contributed by atoms with van der Waals surface area (Å²) < 4.78 is 28.7. The van der Waals surface area contributed by atoms with Crippen LogP contribution in [-0.2, 0) is 13.6 Å². The minimum atomic E-state index is -0.973. The van der Waals surface area contributed by atoms with Crippen LogP contribution in [0.1, 0.15) is 5.56 Å². The number of rotatable bonds is 2. The summed E-state index contributed by atoms with van der Waals surface area (Å²) in [5.74, 6) is -1.92. The van der Waals surface area contributed by atoms with Crippen molar-refractivity contribution in [3.8, 4) is 0 Å². The van der Waals surface area contributed by atoms with E-state index in [1.54, 1.807) is 24.3 Å². The lowest BCUT2D eigenvalue weighted by Gasteiger charge is -2.12. The summed E-state index contributed by atoms with van der Waals surface area (Å²) in [6.07, 6.45) is 0. The van der Waals surface area contributed by atoms with Crippen LogP contribution in [0.25, 0.3) is 10.9 Å². The minimum Gasteiger partial charge on any atom is -0.289 e. The van der Waals surface area contributed by atoms with E-state index >= 15 is 0 Å². The lowest BCUT2D eigenvalue weighted by molar-refractivity contribution is 0.506. The highest BCUT2D eigenvalue weighted by Gasteiger charge is 2.11. The van der Waals surface area contributed by atoms with Crippen molar-refractivity contribution in [2.45, 2.75) is 6.54 Å². The molecule has 2 aromatic carbocycles. The highest BCUT2D eigenvalue weighted by Crippen LogP contribution is 2.12. The molecular weight excluding hydrogens is 290 g/mol. The maximum Gasteiger partial charge on any atom is 0.331 e. The summed E-state index contributed by atoms with van der Waals surface area (Å²) in [5, 5.41) is 0.396. The molecule has 4 nitrogen and oxygen atoms in total. The third-order valence-electron chi connectivity index (χ3n) is 3.57. The predicted molar refractivity (Wildman–Crippen MR) is 78.9 cm³/mol. The monoisotopic (exact) mass is 302 g/mol. The average molecular weight is 302 g/mol. The molecule has 0 aliphatic carbocycles. The molecule has 1 aromatic heterocycles. The second kappa shape index (κ2) is 5.22. The molecule has 0 atom stereocenters. The lowest BCUT2D eigenvalue weighted by atomic mass is 10.2. The van der Waals surface area contributed by atoms with Crippen LogP contribution >= 0.6 is 0 Å². The molecular formula is C16H12F2N2O2. The van der Waals surface area contributed by atoms with E-state index in [2.05, 4.69) is 0 Å². The van der Waals surface area contributed by atoms with Gasteiger partial charge in [-0.25, -0.2) is 13.6 Å². The fourth-order valence-electron chi connectivity index (χ4n) is 2.41. The van der Waals surface area contributed by atoms with Crippen LogP contribution in [0.3, 0.4) is 0 Å². The zero-order chi connectivity index (χ0) is 15.9. The second-order valence-corrected chi connectivity index (χ2v) is 5.00. The number of nitrogens with zero attached hydrogens (tertiary/aromatic N) is 2. The summed E-state index contributed by atoms with van der Waals surface area (Å²) in [6.45, 7) is 0.0463. The quantitative estimate of drug-likeness (QED) is 0.727. The summed E-state index contributed by atoms with van der Waals surface area (Å²) in [5.41, 5.74) is 0.000653. The Morgan fingerprint density at radius 3 is 2.45 bits per heavy atom. The third kappa shape index (κ3) is 2.22. The van der Waals surface area contributed by atoms with Gasteiger partial charge < -0.3 is 0 Å². The van der Waals surface area contributed by atoms with Crippen LogP contribution in [0.15, 0.2) is 52.1 Å². The maximum atomic E-state index is 13.3. The van der Waals surface area contributed by atoms with Gasteiger partial charge in [0.2, 0.25) is 0 Å². The second-order valence-electron chi connectivity index (χ2n) is 5.00. The van der Waals surface area contributed by atoms with E-state index in [0.29, 0.717) is 16.5 Å². The zero-order valence-corrected chi connectivity index (χ0v) is 11.7. The molecule has 112 valence electrons. The van der Waals surface area contributed by atoms with E-state index in [-0.39, 0.29) is 12.1 Å². The highest BCUT2D eigenvalue weighted by atomic mass is 19.2. The van der Waals surface area contributed by atoms with Crippen molar-refractivity contribution in [3.05, 3.63) is 80.5 Å². The topological polar surface area (TPSA) is 44.0 Å². The Labute approximate surface area is 123 Å². The van der Waals surface area contributed by atoms with Crippen molar-refractivity contribution >= 4 is 10.9 Å². The van der Waals surface area contributed by atoms with Crippen LogP contribution in [0, 0.1) is 11.6 Å². The fourth-order valence-corrected chi connectivity index (χ4v) is 2.41. The number of benzene rings is 2. The molecule has 6 heteroatoms. The Kier molecular flexibility index (Phi) is 3.36. The van der Waals surface area contributed by atoms with Crippen LogP contribution in [0.2, 0.25) is 0 Å². The molecule has 0 bridgehead atoms. The molecule has 0 radical (unpaired) electrons. The van der Waals surface area contributed by atoms with E-state index in [9.17, 15) is 18.4 Å². The highest BCUT2D eigenvalue weighted by molar-refractivity contribution is 5.77. The number of hydrogen-bond acceptors (Lipinski definition) is 2. The summed E-state index contributed by atoms with van der Waals surface area (Å²) in [4.78, 5) is 24.4. The Balaban J connectivity index is 2.24. The van der Waals surface area contributed by atoms with Gasteiger partial charge in [-0.2, -0.15) is 0 Å². The number of fused-ring (bicyclic) bond motifs is 1. The normalized spacial score (nSPS) is 11.0. The Bertz CT molecular complexity index is 990. The van der Waals surface area contributed by atoms with Gasteiger partial charge in [-0.05, 0) is 29.8 Å². The van der Waals surface area contributed by atoms with Gasteiger partial charge in [0.05, 0.1) is 17.4 Å².